The van der Waals surface area contributed by atoms with Gasteiger partial charge in [0.2, 0.25) is 0 Å². The second-order valence-corrected chi connectivity index (χ2v) is 8.43. The van der Waals surface area contributed by atoms with Crippen LogP contribution in [0.2, 0.25) is 0 Å². The number of nitro groups is 1. The number of carbonyl (C=O) groups excluding carboxylic acids is 4. The van der Waals surface area contributed by atoms with E-state index in [2.05, 4.69) is 0 Å². The van der Waals surface area contributed by atoms with Gasteiger partial charge in [-0.1, -0.05) is 23.2 Å². The van der Waals surface area contributed by atoms with Crippen molar-refractivity contribution in [1.29, 1.82) is 0 Å². The van der Waals surface area contributed by atoms with Gasteiger partial charge in [0, 0.05) is 5.57 Å². The van der Waals surface area contributed by atoms with E-state index < -0.39 is 74.1 Å². The Kier molecular flexibility index (Phi) is 12.5. The molecule has 0 spiro atoms. The van der Waals surface area contributed by atoms with Gasteiger partial charge in [-0.2, -0.15) is 0 Å². The van der Waals surface area contributed by atoms with E-state index in [4.69, 9.17) is 53.8 Å². The Morgan fingerprint density at radius 1 is 0.886 bits per heavy atom. The van der Waals surface area contributed by atoms with Gasteiger partial charge in [-0.05, 0) is 39.7 Å². The molecule has 0 aromatic rings. The highest BCUT2D eigenvalue weighted by molar-refractivity contribution is 6.56. The molecule has 1 rings (SSSR count). The highest BCUT2D eigenvalue weighted by atomic mass is 35.5. The summed E-state index contributed by atoms with van der Waals surface area (Å²) in [6, 6.07) is 0. The molecular weight excluding hydrogens is 533 g/mol. The van der Waals surface area contributed by atoms with Crippen LogP contribution >= 0.6 is 34.8 Å². The summed E-state index contributed by atoms with van der Waals surface area (Å²) < 4.78 is 19.3. The van der Waals surface area contributed by atoms with Crippen molar-refractivity contribution < 1.29 is 43.0 Å². The zero-order chi connectivity index (χ0) is 26.9. The summed E-state index contributed by atoms with van der Waals surface area (Å²) in [4.78, 5) is 62.6. The Balaban J connectivity index is 4.06. The fraction of sp³-hybridized carbons (Fsp3) is 0.619. The predicted octanol–water partition coefficient (Wildman–Crippen LogP) is 3.32. The van der Waals surface area contributed by atoms with Crippen molar-refractivity contribution in [2.75, 3.05) is 26.4 Å². The Hall–Kier alpha value is -2.37. The van der Waals surface area contributed by atoms with Gasteiger partial charge in [0.05, 0.1) is 42.6 Å². The van der Waals surface area contributed by atoms with E-state index in [-0.39, 0.29) is 32.0 Å². The molecule has 1 aliphatic rings. The standard InChI is InChI=1S/C21H26Cl3NO10/c1-5-32-18(26)12(19(27)33-6-2)10-9-11(22)13(17(23)24)14(16(10)25(30)31)15(20(28)34-7-3)21(29)35-8-4/h11-12,14-15H,5-9H2,1-4H3/t11?,14-/m0/s1. The van der Waals surface area contributed by atoms with Crippen LogP contribution in [0.15, 0.2) is 21.3 Å². The van der Waals surface area contributed by atoms with Crippen LogP contribution in [-0.2, 0) is 38.1 Å². The van der Waals surface area contributed by atoms with Crippen molar-refractivity contribution in [1.82, 2.24) is 0 Å². The van der Waals surface area contributed by atoms with Crippen LogP contribution in [0.4, 0.5) is 0 Å². The first-order valence-corrected chi connectivity index (χ1v) is 11.9. The summed E-state index contributed by atoms with van der Waals surface area (Å²) in [5, 5.41) is 11.1. The second-order valence-electron chi connectivity index (χ2n) is 6.95. The molecule has 0 bridgehead atoms. The summed E-state index contributed by atoms with van der Waals surface area (Å²) in [6.45, 7) is 5.25. The molecule has 14 heteroatoms. The van der Waals surface area contributed by atoms with Gasteiger partial charge in [0.25, 0.3) is 5.70 Å². The van der Waals surface area contributed by atoms with Crippen LogP contribution in [0.1, 0.15) is 34.1 Å². The minimum Gasteiger partial charge on any atom is -0.465 e. The number of hydrogen-bond donors (Lipinski definition) is 0. The van der Waals surface area contributed by atoms with Crippen LogP contribution in [-0.4, -0.2) is 60.6 Å². The summed E-state index contributed by atoms with van der Waals surface area (Å²) in [7, 11) is 0. The van der Waals surface area contributed by atoms with Crippen molar-refractivity contribution in [3.63, 3.8) is 0 Å². The predicted molar refractivity (Wildman–Crippen MR) is 124 cm³/mol. The smallest absolute Gasteiger partial charge is 0.324 e. The molecule has 196 valence electrons. The lowest BCUT2D eigenvalue weighted by Crippen LogP contribution is -2.44. The lowest BCUT2D eigenvalue weighted by molar-refractivity contribution is -0.435. The molecule has 0 amide bonds. The molecule has 0 saturated heterocycles. The zero-order valence-corrected chi connectivity index (χ0v) is 21.8. The molecule has 35 heavy (non-hydrogen) atoms. The molecule has 0 fully saturated rings. The second kappa shape index (κ2) is 14.3. The fourth-order valence-electron chi connectivity index (χ4n) is 3.68. The molecule has 0 aromatic carbocycles. The molecule has 0 N–H and O–H groups in total. The number of esters is 4. The van der Waals surface area contributed by atoms with Gasteiger partial charge in [0.1, 0.15) is 4.49 Å². The lowest BCUT2D eigenvalue weighted by Gasteiger charge is -2.33. The monoisotopic (exact) mass is 557 g/mol. The number of allylic oxidation sites excluding steroid dienone is 1. The average Bonchev–Trinajstić information content (AvgIpc) is 2.74. The van der Waals surface area contributed by atoms with E-state index in [1.54, 1.807) is 0 Å². The topological polar surface area (TPSA) is 148 Å². The van der Waals surface area contributed by atoms with Gasteiger partial charge < -0.3 is 18.9 Å². The van der Waals surface area contributed by atoms with Crippen molar-refractivity contribution in [3.8, 4) is 0 Å². The lowest BCUT2D eigenvalue weighted by atomic mass is 9.72. The summed E-state index contributed by atoms with van der Waals surface area (Å²) in [6.07, 6.45) is -0.451. The summed E-state index contributed by atoms with van der Waals surface area (Å²) >= 11 is 18.5. The number of halogens is 3. The highest BCUT2D eigenvalue weighted by Gasteiger charge is 2.55. The van der Waals surface area contributed by atoms with E-state index in [9.17, 15) is 29.3 Å². The molecule has 0 saturated carbocycles. The van der Waals surface area contributed by atoms with Crippen molar-refractivity contribution in [2.24, 2.45) is 17.8 Å². The number of ether oxygens (including phenoxy) is 4. The molecule has 2 atom stereocenters. The molecule has 1 unspecified atom stereocenters. The first-order chi connectivity index (χ1) is 16.5. The number of hydrogen-bond acceptors (Lipinski definition) is 10. The first-order valence-electron chi connectivity index (χ1n) is 10.7. The third-order valence-corrected chi connectivity index (χ3v) is 5.74. The van der Waals surface area contributed by atoms with Gasteiger partial charge in [0.15, 0.2) is 11.8 Å². The number of rotatable bonds is 11. The van der Waals surface area contributed by atoms with Gasteiger partial charge >= 0.3 is 23.9 Å². The zero-order valence-electron chi connectivity index (χ0n) is 19.5. The largest absolute Gasteiger partial charge is 0.465 e. The minimum atomic E-state index is -1.96. The van der Waals surface area contributed by atoms with E-state index in [0.29, 0.717) is 0 Å². The van der Waals surface area contributed by atoms with E-state index in [1.807, 2.05) is 0 Å². The minimum absolute atomic E-state index is 0.142. The van der Waals surface area contributed by atoms with Crippen LogP contribution in [0.3, 0.4) is 0 Å². The Morgan fingerprint density at radius 2 is 1.29 bits per heavy atom. The van der Waals surface area contributed by atoms with Crippen LogP contribution in [0, 0.1) is 27.9 Å². The van der Waals surface area contributed by atoms with Gasteiger partial charge in [-0.15, -0.1) is 11.6 Å². The molecular formula is C21H26Cl3NO10. The maximum Gasteiger partial charge on any atom is 0.324 e. The van der Waals surface area contributed by atoms with E-state index in [1.165, 1.54) is 27.7 Å². The Morgan fingerprint density at radius 3 is 1.63 bits per heavy atom. The maximum absolute atomic E-state index is 12.8. The van der Waals surface area contributed by atoms with Crippen molar-refractivity contribution >= 4 is 58.7 Å². The first kappa shape index (κ1) is 30.7. The fourth-order valence-corrected chi connectivity index (χ4v) is 4.71. The Labute approximate surface area is 216 Å². The SMILES string of the molecule is CCOC(=O)C(C(=O)OCC)C1=C([N+](=O)[O-])[C@H](C(C(=O)OCC)C(=O)OCC)C(=C(Cl)Cl)C(Cl)C1. The molecule has 11 nitrogen and oxygen atoms in total. The molecule has 0 heterocycles. The van der Waals surface area contributed by atoms with Crippen LogP contribution in [0.25, 0.3) is 0 Å². The van der Waals surface area contributed by atoms with Gasteiger partial charge in [-0.25, -0.2) is 0 Å². The van der Waals surface area contributed by atoms with Crippen LogP contribution < -0.4 is 0 Å². The molecule has 0 radical (unpaired) electrons. The van der Waals surface area contributed by atoms with Crippen LogP contribution in [0.5, 0.6) is 0 Å². The number of alkyl halides is 1. The Bertz CT molecular complexity index is 877. The molecule has 1 aliphatic carbocycles. The summed E-state index contributed by atoms with van der Waals surface area (Å²) in [5.41, 5.74) is -1.50. The highest BCUT2D eigenvalue weighted by Crippen LogP contribution is 2.47. The van der Waals surface area contributed by atoms with E-state index >= 15 is 0 Å². The third-order valence-electron chi connectivity index (χ3n) is 4.92. The van der Waals surface area contributed by atoms with Crippen molar-refractivity contribution in [2.45, 2.75) is 39.5 Å². The van der Waals surface area contributed by atoms with Crippen molar-refractivity contribution in [3.05, 3.63) is 31.4 Å². The van der Waals surface area contributed by atoms with E-state index in [0.717, 1.165) is 0 Å². The summed E-state index contributed by atoms with van der Waals surface area (Å²) in [5.74, 6) is -10.3. The number of nitrogens with zero attached hydrogens (tertiary/aromatic N) is 1. The quantitative estimate of drug-likeness (QED) is 0.0923. The molecule has 0 aliphatic heterocycles. The maximum atomic E-state index is 12.8. The number of carbonyl (C=O) groups is 4. The van der Waals surface area contributed by atoms with Gasteiger partial charge in [-0.3, -0.25) is 29.3 Å². The normalized spacial score (nSPS) is 17.8. The average molecular weight is 559 g/mol. The third kappa shape index (κ3) is 7.31. The molecule has 0 aromatic heterocycles.